The predicted octanol–water partition coefficient (Wildman–Crippen LogP) is 3.00. The minimum Gasteiger partial charge on any atom is -0.378 e. The third kappa shape index (κ3) is 5.90. The number of hydrogen-bond acceptors (Lipinski definition) is 5. The van der Waals surface area contributed by atoms with Gasteiger partial charge in [0.2, 0.25) is 5.91 Å². The molecule has 0 atom stereocenters. The molecule has 1 N–H and O–H groups in total. The lowest BCUT2D eigenvalue weighted by atomic mass is 10.2. The normalized spacial score (nSPS) is 14.2. The fraction of sp³-hybridized carbons (Fsp3) is 0.368. The fourth-order valence-electron chi connectivity index (χ4n) is 2.62. The Kier molecular flexibility index (Phi) is 7.00. The highest BCUT2D eigenvalue weighted by atomic mass is 32.2. The van der Waals surface area contributed by atoms with E-state index in [9.17, 15) is 13.6 Å². The largest absolute Gasteiger partial charge is 0.378 e. The number of anilines is 1. The molecule has 3 rings (SSSR count). The van der Waals surface area contributed by atoms with Crippen LogP contribution in [0.3, 0.4) is 0 Å². The van der Waals surface area contributed by atoms with Gasteiger partial charge in [-0.1, -0.05) is 6.07 Å². The van der Waals surface area contributed by atoms with Crippen LogP contribution in [0, 0.1) is 11.6 Å². The summed E-state index contributed by atoms with van der Waals surface area (Å²) in [7, 11) is 0. The third-order valence-corrected chi connectivity index (χ3v) is 5.12. The van der Waals surface area contributed by atoms with Gasteiger partial charge in [-0.05, 0) is 29.8 Å². The van der Waals surface area contributed by atoms with Crippen molar-refractivity contribution in [3.05, 3.63) is 53.7 Å². The Balaban J connectivity index is 1.39. The first-order chi connectivity index (χ1) is 13.1. The SMILES string of the molecule is O=C(CCSc1ccc(F)c(F)c1)NCc1ccc(N2CCOCC2)nc1. The Morgan fingerprint density at radius 3 is 2.70 bits per heavy atom. The molecule has 1 aliphatic heterocycles. The van der Waals surface area contributed by atoms with Crippen LogP contribution in [0.2, 0.25) is 0 Å². The van der Waals surface area contributed by atoms with E-state index in [4.69, 9.17) is 4.74 Å². The molecule has 0 radical (unpaired) electrons. The molecular weight excluding hydrogens is 372 g/mol. The zero-order chi connectivity index (χ0) is 19.1. The van der Waals surface area contributed by atoms with E-state index < -0.39 is 11.6 Å². The van der Waals surface area contributed by atoms with Gasteiger partial charge in [-0.2, -0.15) is 0 Å². The predicted molar refractivity (Wildman–Crippen MR) is 101 cm³/mol. The van der Waals surface area contributed by atoms with E-state index in [1.165, 1.54) is 17.8 Å². The standard InChI is InChI=1S/C19H21F2N3O2S/c20-16-3-2-15(11-17(16)21)27-10-5-19(25)23-13-14-1-4-18(22-12-14)24-6-8-26-9-7-24/h1-4,11-12H,5-10,13H2,(H,23,25). The highest BCUT2D eigenvalue weighted by Crippen LogP contribution is 2.21. The molecule has 0 unspecified atom stereocenters. The number of pyridine rings is 1. The third-order valence-electron chi connectivity index (χ3n) is 4.12. The van der Waals surface area contributed by atoms with Gasteiger partial charge in [-0.15, -0.1) is 11.8 Å². The van der Waals surface area contributed by atoms with Crippen molar-refractivity contribution in [3.8, 4) is 0 Å². The molecule has 1 aromatic carbocycles. The number of benzene rings is 1. The minimum absolute atomic E-state index is 0.0951. The molecule has 2 heterocycles. The van der Waals surface area contributed by atoms with Crippen molar-refractivity contribution in [2.24, 2.45) is 0 Å². The van der Waals surface area contributed by atoms with Crippen LogP contribution in [-0.4, -0.2) is 42.9 Å². The number of halogens is 2. The van der Waals surface area contributed by atoms with Crippen LogP contribution in [0.1, 0.15) is 12.0 Å². The number of ether oxygens (including phenoxy) is 1. The molecule has 2 aromatic rings. The molecule has 27 heavy (non-hydrogen) atoms. The molecular formula is C19H21F2N3O2S. The Hall–Kier alpha value is -2.19. The molecule has 5 nitrogen and oxygen atoms in total. The van der Waals surface area contributed by atoms with Gasteiger partial charge in [-0.3, -0.25) is 4.79 Å². The van der Waals surface area contributed by atoms with Crippen molar-refractivity contribution >= 4 is 23.5 Å². The number of aromatic nitrogens is 1. The zero-order valence-electron chi connectivity index (χ0n) is 14.8. The highest BCUT2D eigenvalue weighted by molar-refractivity contribution is 7.99. The second-order valence-corrected chi connectivity index (χ2v) is 7.24. The Bertz CT molecular complexity index is 768. The summed E-state index contributed by atoms with van der Waals surface area (Å²) in [6.07, 6.45) is 2.06. The molecule has 1 aliphatic rings. The van der Waals surface area contributed by atoms with Crippen molar-refractivity contribution in [3.63, 3.8) is 0 Å². The van der Waals surface area contributed by atoms with Crippen LogP contribution in [0.15, 0.2) is 41.4 Å². The van der Waals surface area contributed by atoms with Crippen LogP contribution in [0.4, 0.5) is 14.6 Å². The molecule has 1 fully saturated rings. The molecule has 0 aliphatic carbocycles. The lowest BCUT2D eigenvalue weighted by Gasteiger charge is -2.27. The summed E-state index contributed by atoms with van der Waals surface area (Å²) in [5.41, 5.74) is 0.925. The molecule has 0 bridgehead atoms. The van der Waals surface area contributed by atoms with Gasteiger partial charge >= 0.3 is 0 Å². The van der Waals surface area contributed by atoms with Gasteiger partial charge in [0.15, 0.2) is 11.6 Å². The zero-order valence-corrected chi connectivity index (χ0v) is 15.6. The maximum Gasteiger partial charge on any atom is 0.221 e. The summed E-state index contributed by atoms with van der Waals surface area (Å²) in [5.74, 6) is -0.438. The van der Waals surface area contributed by atoms with Crippen molar-refractivity contribution in [1.82, 2.24) is 10.3 Å². The molecule has 1 saturated heterocycles. The quantitative estimate of drug-likeness (QED) is 0.733. The van der Waals surface area contributed by atoms with E-state index in [1.807, 2.05) is 12.1 Å². The number of hydrogen-bond donors (Lipinski definition) is 1. The number of amides is 1. The summed E-state index contributed by atoms with van der Waals surface area (Å²) >= 11 is 1.32. The first-order valence-electron chi connectivity index (χ1n) is 8.74. The number of nitrogens with one attached hydrogen (secondary N) is 1. The highest BCUT2D eigenvalue weighted by Gasteiger charge is 2.12. The topological polar surface area (TPSA) is 54.5 Å². The van der Waals surface area contributed by atoms with Crippen molar-refractivity contribution in [1.29, 1.82) is 0 Å². The summed E-state index contributed by atoms with van der Waals surface area (Å²) in [5, 5.41) is 2.84. The first-order valence-corrected chi connectivity index (χ1v) is 9.72. The molecule has 1 aromatic heterocycles. The Labute approximate surface area is 161 Å². The lowest BCUT2D eigenvalue weighted by molar-refractivity contribution is -0.120. The van der Waals surface area contributed by atoms with Gasteiger partial charge in [-0.25, -0.2) is 13.8 Å². The fourth-order valence-corrected chi connectivity index (χ4v) is 3.49. The summed E-state index contributed by atoms with van der Waals surface area (Å²) in [6, 6.07) is 7.63. The van der Waals surface area contributed by atoms with E-state index >= 15 is 0 Å². The van der Waals surface area contributed by atoms with Crippen LogP contribution in [0.25, 0.3) is 0 Å². The minimum atomic E-state index is -0.877. The van der Waals surface area contributed by atoms with Crippen LogP contribution in [0.5, 0.6) is 0 Å². The van der Waals surface area contributed by atoms with Gasteiger partial charge in [0.1, 0.15) is 5.82 Å². The molecule has 144 valence electrons. The van der Waals surface area contributed by atoms with Crippen LogP contribution < -0.4 is 10.2 Å². The van der Waals surface area contributed by atoms with Gasteiger partial charge in [0, 0.05) is 42.9 Å². The average Bonchev–Trinajstić information content (AvgIpc) is 2.70. The van der Waals surface area contributed by atoms with Gasteiger partial charge in [0.25, 0.3) is 0 Å². The lowest BCUT2D eigenvalue weighted by Crippen LogP contribution is -2.36. The van der Waals surface area contributed by atoms with E-state index in [2.05, 4.69) is 15.2 Å². The first kappa shape index (κ1) is 19.6. The Morgan fingerprint density at radius 1 is 1.19 bits per heavy atom. The van der Waals surface area contributed by atoms with Gasteiger partial charge < -0.3 is 15.0 Å². The number of rotatable bonds is 7. The van der Waals surface area contributed by atoms with Crippen molar-refractivity contribution in [2.75, 3.05) is 37.0 Å². The van der Waals surface area contributed by atoms with Gasteiger partial charge in [0.05, 0.1) is 13.2 Å². The van der Waals surface area contributed by atoms with E-state index in [1.54, 1.807) is 6.20 Å². The summed E-state index contributed by atoms with van der Waals surface area (Å²) in [6.45, 7) is 3.49. The smallest absolute Gasteiger partial charge is 0.221 e. The maximum atomic E-state index is 13.1. The molecule has 1 amide bonds. The van der Waals surface area contributed by atoms with E-state index in [0.29, 0.717) is 36.8 Å². The summed E-state index contributed by atoms with van der Waals surface area (Å²) < 4.78 is 31.3. The van der Waals surface area contributed by atoms with Crippen LogP contribution in [-0.2, 0) is 16.1 Å². The Morgan fingerprint density at radius 2 is 2.00 bits per heavy atom. The number of carbonyl (C=O) groups excluding carboxylic acids is 1. The second kappa shape index (κ2) is 9.66. The number of morpholine rings is 1. The molecule has 0 saturated carbocycles. The molecule has 0 spiro atoms. The number of carbonyl (C=O) groups is 1. The summed E-state index contributed by atoms with van der Waals surface area (Å²) in [4.78, 5) is 19.2. The monoisotopic (exact) mass is 393 g/mol. The average molecular weight is 393 g/mol. The van der Waals surface area contributed by atoms with Crippen molar-refractivity contribution in [2.45, 2.75) is 17.9 Å². The number of nitrogens with zero attached hydrogens (tertiary/aromatic N) is 2. The molecule has 8 heteroatoms. The van der Waals surface area contributed by atoms with Crippen LogP contribution >= 0.6 is 11.8 Å². The maximum absolute atomic E-state index is 13.1. The van der Waals surface area contributed by atoms with E-state index in [-0.39, 0.29) is 5.91 Å². The van der Waals surface area contributed by atoms with E-state index in [0.717, 1.165) is 36.6 Å². The van der Waals surface area contributed by atoms with Crippen molar-refractivity contribution < 1.29 is 18.3 Å². The second-order valence-electron chi connectivity index (χ2n) is 6.08. The number of thioether (sulfide) groups is 1.